The number of ether oxygens (including phenoxy) is 1. The lowest BCUT2D eigenvalue weighted by Gasteiger charge is -2.24. The molecule has 33 heavy (non-hydrogen) atoms. The van der Waals surface area contributed by atoms with Crippen molar-refractivity contribution in [2.75, 3.05) is 13.1 Å². The van der Waals surface area contributed by atoms with Crippen LogP contribution in [0.25, 0.3) is 32.5 Å². The van der Waals surface area contributed by atoms with Gasteiger partial charge in [0.15, 0.2) is 11.6 Å². The van der Waals surface area contributed by atoms with Crippen LogP contribution in [-0.4, -0.2) is 49.4 Å². The number of nitrogens with zero attached hydrogens (tertiary/aromatic N) is 5. The van der Waals surface area contributed by atoms with E-state index >= 15 is 0 Å². The molecule has 0 aliphatic carbocycles. The Kier molecular flexibility index (Phi) is 5.31. The van der Waals surface area contributed by atoms with Crippen LogP contribution >= 0.6 is 11.3 Å². The third-order valence-corrected chi connectivity index (χ3v) is 6.75. The number of benzene rings is 1. The molecule has 1 saturated heterocycles. The number of likely N-dealkylation sites (tertiary alicyclic amines) is 1. The Hall–Kier alpha value is -3.07. The molecule has 0 radical (unpaired) electrons. The Balaban J connectivity index is 1.33. The highest BCUT2D eigenvalue weighted by molar-refractivity contribution is 7.18. The van der Waals surface area contributed by atoms with E-state index < -0.39 is 5.60 Å². The molecule has 0 spiro atoms. The van der Waals surface area contributed by atoms with E-state index in [1.54, 1.807) is 40.4 Å². The first-order valence-electron chi connectivity index (χ1n) is 11.0. The second kappa shape index (κ2) is 8.06. The maximum atomic E-state index is 14.5. The Labute approximate surface area is 195 Å². The molecule has 172 valence electrons. The maximum Gasteiger partial charge on any atom is 0.410 e. The van der Waals surface area contributed by atoms with Gasteiger partial charge in [-0.2, -0.15) is 5.10 Å². The molecular weight excluding hydrogens is 441 g/mol. The summed E-state index contributed by atoms with van der Waals surface area (Å²) in [5.41, 5.74) is 0.493. The average Bonchev–Trinajstić information content (AvgIpc) is 3.43. The molecule has 0 N–H and O–H groups in total. The van der Waals surface area contributed by atoms with E-state index in [9.17, 15) is 9.18 Å². The Morgan fingerprint density at radius 2 is 2.09 bits per heavy atom. The molecule has 4 aromatic rings. The molecule has 1 amide bonds. The zero-order valence-corrected chi connectivity index (χ0v) is 19.9. The smallest absolute Gasteiger partial charge is 0.410 e. The van der Waals surface area contributed by atoms with Crippen molar-refractivity contribution in [3.8, 4) is 11.4 Å². The number of rotatable bonds is 3. The van der Waals surface area contributed by atoms with Gasteiger partial charge in [0.25, 0.3) is 0 Å². The molecule has 3 aromatic heterocycles. The second-order valence-corrected chi connectivity index (χ2v) is 10.8. The Bertz CT molecular complexity index is 1360. The molecule has 1 aromatic carbocycles. The molecular formula is C24H26FN5O2S. The fourth-order valence-corrected chi connectivity index (χ4v) is 5.36. The highest BCUT2D eigenvalue weighted by atomic mass is 32.1. The van der Waals surface area contributed by atoms with Crippen LogP contribution in [0.2, 0.25) is 0 Å². The number of amides is 1. The van der Waals surface area contributed by atoms with Crippen molar-refractivity contribution in [2.45, 2.75) is 39.2 Å². The van der Waals surface area contributed by atoms with Crippen LogP contribution in [0.4, 0.5) is 9.18 Å². The van der Waals surface area contributed by atoms with Crippen LogP contribution in [0.5, 0.6) is 0 Å². The minimum Gasteiger partial charge on any atom is -0.444 e. The molecule has 4 heterocycles. The minimum absolute atomic E-state index is 0.241. The third-order valence-electron chi connectivity index (χ3n) is 5.69. The lowest BCUT2D eigenvalue weighted by molar-refractivity contribution is 0.0288. The zero-order valence-electron chi connectivity index (χ0n) is 19.1. The summed E-state index contributed by atoms with van der Waals surface area (Å²) in [6, 6.07) is 5.42. The summed E-state index contributed by atoms with van der Waals surface area (Å²) in [7, 11) is 1.77. The first-order chi connectivity index (χ1) is 15.6. The number of hydrogen-bond donors (Lipinski definition) is 0. The third kappa shape index (κ3) is 4.55. The van der Waals surface area contributed by atoms with Crippen LogP contribution in [0, 0.1) is 11.7 Å². The number of fused-ring (bicyclic) bond motifs is 2. The van der Waals surface area contributed by atoms with Crippen molar-refractivity contribution < 1.29 is 13.9 Å². The van der Waals surface area contributed by atoms with Gasteiger partial charge in [0.1, 0.15) is 15.9 Å². The van der Waals surface area contributed by atoms with Gasteiger partial charge in [-0.3, -0.25) is 4.68 Å². The average molecular weight is 468 g/mol. The molecule has 1 unspecified atom stereocenters. The van der Waals surface area contributed by atoms with Crippen LogP contribution < -0.4 is 0 Å². The van der Waals surface area contributed by atoms with Crippen molar-refractivity contribution in [3.63, 3.8) is 0 Å². The predicted octanol–water partition coefficient (Wildman–Crippen LogP) is 5.18. The Morgan fingerprint density at radius 3 is 2.88 bits per heavy atom. The summed E-state index contributed by atoms with van der Waals surface area (Å²) in [5.74, 6) is 0.507. The summed E-state index contributed by atoms with van der Waals surface area (Å²) in [5, 5.41) is 5.85. The number of carbonyl (C=O) groups excluding carboxylic acids is 1. The number of halogens is 1. The van der Waals surface area contributed by atoms with Gasteiger partial charge in [-0.05, 0) is 57.7 Å². The first kappa shape index (κ1) is 21.8. The summed E-state index contributed by atoms with van der Waals surface area (Å²) in [6.07, 6.45) is 5.17. The van der Waals surface area contributed by atoms with Crippen molar-refractivity contribution in [3.05, 3.63) is 41.3 Å². The summed E-state index contributed by atoms with van der Waals surface area (Å²) >= 11 is 1.63. The molecule has 7 nitrogen and oxygen atoms in total. The standard InChI is InChI=1S/C24H26FN5O2S/c1-24(2,3)32-23(31)30-6-5-14(12-30)7-18-9-16-11-26-21(27-22(16)33-18)15-8-17-13-29(4)28-20(17)19(25)10-15/h8-11,13-14H,5-7,12H2,1-4H3. The lowest BCUT2D eigenvalue weighted by Crippen LogP contribution is -2.35. The van der Waals surface area contributed by atoms with Gasteiger partial charge in [0, 0.05) is 53.7 Å². The van der Waals surface area contributed by atoms with Crippen molar-refractivity contribution >= 4 is 38.5 Å². The number of carbonyl (C=O) groups is 1. The zero-order chi connectivity index (χ0) is 23.3. The van der Waals surface area contributed by atoms with Gasteiger partial charge >= 0.3 is 6.09 Å². The highest BCUT2D eigenvalue weighted by Crippen LogP contribution is 2.31. The summed E-state index contributed by atoms with van der Waals surface area (Å²) < 4.78 is 21.6. The van der Waals surface area contributed by atoms with Crippen LogP contribution in [-0.2, 0) is 18.2 Å². The van der Waals surface area contributed by atoms with E-state index in [0.717, 1.165) is 35.0 Å². The van der Waals surface area contributed by atoms with Gasteiger partial charge in [0.2, 0.25) is 0 Å². The van der Waals surface area contributed by atoms with Crippen LogP contribution in [0.15, 0.2) is 30.6 Å². The largest absolute Gasteiger partial charge is 0.444 e. The second-order valence-electron chi connectivity index (χ2n) is 9.65. The van der Waals surface area contributed by atoms with Crippen LogP contribution in [0.1, 0.15) is 32.1 Å². The van der Waals surface area contributed by atoms with E-state index in [1.165, 1.54) is 10.9 Å². The highest BCUT2D eigenvalue weighted by Gasteiger charge is 2.30. The fourth-order valence-electron chi connectivity index (χ4n) is 4.24. The number of hydrogen-bond acceptors (Lipinski definition) is 6. The van der Waals surface area contributed by atoms with Crippen molar-refractivity contribution in [1.82, 2.24) is 24.6 Å². The molecule has 1 aliphatic rings. The van der Waals surface area contributed by atoms with E-state index in [1.807, 2.05) is 26.8 Å². The minimum atomic E-state index is -0.485. The first-order valence-corrected chi connectivity index (χ1v) is 11.8. The molecule has 1 aliphatic heterocycles. The van der Waals surface area contributed by atoms with E-state index in [-0.39, 0.29) is 11.9 Å². The monoisotopic (exact) mass is 467 g/mol. The molecule has 0 bridgehead atoms. The molecule has 0 saturated carbocycles. The van der Waals surface area contributed by atoms with Gasteiger partial charge < -0.3 is 9.64 Å². The normalized spacial score (nSPS) is 16.8. The number of thiophene rings is 1. The lowest BCUT2D eigenvalue weighted by atomic mass is 10.0. The van der Waals surface area contributed by atoms with Crippen LogP contribution in [0.3, 0.4) is 0 Å². The molecule has 1 atom stereocenters. The van der Waals surface area contributed by atoms with E-state index in [2.05, 4.69) is 16.1 Å². The van der Waals surface area contributed by atoms with Gasteiger partial charge in [-0.15, -0.1) is 11.3 Å². The summed E-state index contributed by atoms with van der Waals surface area (Å²) in [4.78, 5) is 25.4. The Morgan fingerprint density at radius 1 is 1.27 bits per heavy atom. The van der Waals surface area contributed by atoms with Gasteiger partial charge in [0.05, 0.1) is 0 Å². The van der Waals surface area contributed by atoms with E-state index in [4.69, 9.17) is 9.72 Å². The van der Waals surface area contributed by atoms with Crippen molar-refractivity contribution in [1.29, 1.82) is 0 Å². The van der Waals surface area contributed by atoms with E-state index in [0.29, 0.717) is 29.4 Å². The van der Waals surface area contributed by atoms with Crippen molar-refractivity contribution in [2.24, 2.45) is 13.0 Å². The van der Waals surface area contributed by atoms with Gasteiger partial charge in [-0.25, -0.2) is 19.2 Å². The summed E-state index contributed by atoms with van der Waals surface area (Å²) in [6.45, 7) is 7.07. The predicted molar refractivity (Wildman–Crippen MR) is 127 cm³/mol. The van der Waals surface area contributed by atoms with Gasteiger partial charge in [-0.1, -0.05) is 0 Å². The number of aromatic nitrogens is 4. The fraction of sp³-hybridized carbons (Fsp3) is 0.417. The quantitative estimate of drug-likeness (QED) is 0.415. The number of aryl methyl sites for hydroxylation is 1. The maximum absolute atomic E-state index is 14.5. The topological polar surface area (TPSA) is 73.1 Å². The molecule has 1 fully saturated rings. The molecule has 5 rings (SSSR count). The SMILES string of the molecule is Cn1cc2cc(-c3ncc4cc(CC5CCN(C(=O)OC(C)(C)C)C5)sc4n3)cc(F)c2n1. The molecule has 9 heteroatoms.